The second-order valence-electron chi connectivity index (χ2n) is 5.58. The largest absolute Gasteiger partial charge is 0.376 e. The minimum absolute atomic E-state index is 0.0982. The number of benzene rings is 1. The topological polar surface area (TPSA) is 53.5 Å². The molecule has 1 saturated carbocycles. The van der Waals surface area contributed by atoms with Gasteiger partial charge in [-0.3, -0.25) is 4.79 Å². The third-order valence-corrected chi connectivity index (χ3v) is 3.67. The van der Waals surface area contributed by atoms with E-state index < -0.39 is 0 Å². The lowest BCUT2D eigenvalue weighted by Crippen LogP contribution is -2.28. The van der Waals surface area contributed by atoms with E-state index in [1.54, 1.807) is 0 Å². The quantitative estimate of drug-likeness (QED) is 0.828. The van der Waals surface area contributed by atoms with Gasteiger partial charge in [-0.05, 0) is 50.2 Å². The number of carbonyl (C=O) groups is 1. The Labute approximate surface area is 120 Å². The van der Waals surface area contributed by atoms with Crippen molar-refractivity contribution < 1.29 is 4.79 Å². The summed E-state index contributed by atoms with van der Waals surface area (Å²) in [5.74, 6) is 0.587. The van der Waals surface area contributed by atoms with Gasteiger partial charge in [0, 0.05) is 11.4 Å². The molecule has 1 atom stereocenters. The molecule has 4 heteroatoms. The predicted molar refractivity (Wildman–Crippen MR) is 82.9 cm³/mol. The summed E-state index contributed by atoms with van der Waals surface area (Å²) in [5, 5.41) is 7.37. The molecule has 4 nitrogen and oxygen atoms in total. The molecule has 0 spiro atoms. The normalized spacial score (nSPS) is 20.7. The second kappa shape index (κ2) is 7.08. The Bertz CT molecular complexity index is 496. The first kappa shape index (κ1) is 14.6. The number of para-hydroxylation sites is 1. The fraction of sp³-hybridized carbons (Fsp3) is 0.500. The summed E-state index contributed by atoms with van der Waals surface area (Å²) >= 11 is 0. The number of carbonyl (C=O) groups excluding carboxylic acids is 1. The summed E-state index contributed by atoms with van der Waals surface area (Å²) in [6.07, 6.45) is 4.46. The molecule has 0 unspecified atom stereocenters. The molecule has 2 N–H and O–H groups in total. The van der Waals surface area contributed by atoms with E-state index in [9.17, 15) is 4.79 Å². The van der Waals surface area contributed by atoms with Crippen LogP contribution in [0, 0.1) is 12.8 Å². The molecule has 1 fully saturated rings. The standard InChI is InChI=1S/C16H23N3O/c1-12-6-5-8-14(10-12)18-19-16(20)11-17-15-9-4-3-7-13(15)2/h3-4,7,9,12,17H,5-6,8,10-11H2,1-2H3,(H,19,20)/b18-14+/t12-/m1/s1. The summed E-state index contributed by atoms with van der Waals surface area (Å²) < 4.78 is 0. The van der Waals surface area contributed by atoms with Crippen molar-refractivity contribution in [2.45, 2.75) is 39.5 Å². The van der Waals surface area contributed by atoms with E-state index in [-0.39, 0.29) is 12.5 Å². The van der Waals surface area contributed by atoms with Crippen LogP contribution in [0.1, 0.15) is 38.2 Å². The molecule has 0 heterocycles. The van der Waals surface area contributed by atoms with Gasteiger partial charge in [-0.1, -0.05) is 25.1 Å². The molecule has 108 valence electrons. The summed E-state index contributed by atoms with van der Waals surface area (Å²) in [6, 6.07) is 7.93. The molecular weight excluding hydrogens is 250 g/mol. The van der Waals surface area contributed by atoms with Crippen molar-refractivity contribution in [3.63, 3.8) is 0 Å². The number of hydrazone groups is 1. The molecule has 1 aliphatic rings. The van der Waals surface area contributed by atoms with Gasteiger partial charge in [0.05, 0.1) is 6.54 Å². The number of hydrogen-bond donors (Lipinski definition) is 2. The Morgan fingerprint density at radius 2 is 2.20 bits per heavy atom. The molecule has 1 aromatic rings. The Morgan fingerprint density at radius 3 is 2.95 bits per heavy atom. The smallest absolute Gasteiger partial charge is 0.259 e. The molecule has 1 aromatic carbocycles. The van der Waals surface area contributed by atoms with Crippen molar-refractivity contribution in [2.24, 2.45) is 11.0 Å². The van der Waals surface area contributed by atoms with Gasteiger partial charge in [-0.25, -0.2) is 5.43 Å². The summed E-state index contributed by atoms with van der Waals surface area (Å²) in [6.45, 7) is 4.50. The van der Waals surface area contributed by atoms with Crippen LogP contribution in [0.3, 0.4) is 0 Å². The molecule has 20 heavy (non-hydrogen) atoms. The summed E-state index contributed by atoms with van der Waals surface area (Å²) in [5.41, 5.74) is 5.89. The number of nitrogens with zero attached hydrogens (tertiary/aromatic N) is 1. The first-order chi connectivity index (χ1) is 9.65. The van der Waals surface area contributed by atoms with Crippen molar-refractivity contribution in [3.05, 3.63) is 29.8 Å². The average Bonchev–Trinajstić information content (AvgIpc) is 2.44. The van der Waals surface area contributed by atoms with Crippen molar-refractivity contribution in [2.75, 3.05) is 11.9 Å². The van der Waals surface area contributed by atoms with Crippen LogP contribution in [-0.2, 0) is 4.79 Å². The van der Waals surface area contributed by atoms with Crippen LogP contribution < -0.4 is 10.7 Å². The number of anilines is 1. The van der Waals surface area contributed by atoms with Gasteiger partial charge in [0.25, 0.3) is 5.91 Å². The van der Waals surface area contributed by atoms with Gasteiger partial charge in [0.1, 0.15) is 0 Å². The van der Waals surface area contributed by atoms with Crippen LogP contribution in [0.5, 0.6) is 0 Å². The van der Waals surface area contributed by atoms with Crippen molar-refractivity contribution in [1.82, 2.24) is 5.43 Å². The zero-order valence-electron chi connectivity index (χ0n) is 12.3. The highest BCUT2D eigenvalue weighted by Gasteiger charge is 2.14. The molecule has 1 aliphatic carbocycles. The maximum atomic E-state index is 11.8. The molecule has 0 aromatic heterocycles. The predicted octanol–water partition coefficient (Wildman–Crippen LogP) is 3.09. The number of amides is 1. The number of rotatable bonds is 4. The first-order valence-electron chi connectivity index (χ1n) is 7.29. The maximum Gasteiger partial charge on any atom is 0.259 e. The molecular formula is C16H23N3O. The van der Waals surface area contributed by atoms with Crippen molar-refractivity contribution >= 4 is 17.3 Å². The maximum absolute atomic E-state index is 11.8. The highest BCUT2D eigenvalue weighted by atomic mass is 16.2. The van der Waals surface area contributed by atoms with E-state index >= 15 is 0 Å². The van der Waals surface area contributed by atoms with Crippen LogP contribution in [0.2, 0.25) is 0 Å². The van der Waals surface area contributed by atoms with Crippen molar-refractivity contribution in [1.29, 1.82) is 0 Å². The molecule has 0 aliphatic heterocycles. The van der Waals surface area contributed by atoms with Crippen LogP contribution in [-0.4, -0.2) is 18.2 Å². The highest BCUT2D eigenvalue weighted by molar-refractivity contribution is 5.88. The van der Waals surface area contributed by atoms with Crippen LogP contribution in [0.4, 0.5) is 5.69 Å². The third kappa shape index (κ3) is 4.37. The van der Waals surface area contributed by atoms with E-state index in [0.717, 1.165) is 29.8 Å². The number of aryl methyl sites for hydroxylation is 1. The summed E-state index contributed by atoms with van der Waals surface area (Å²) in [4.78, 5) is 11.8. The zero-order valence-corrected chi connectivity index (χ0v) is 12.3. The lowest BCUT2D eigenvalue weighted by Gasteiger charge is -2.19. The zero-order chi connectivity index (χ0) is 14.4. The van der Waals surface area contributed by atoms with Gasteiger partial charge < -0.3 is 5.32 Å². The monoisotopic (exact) mass is 273 g/mol. The minimum atomic E-state index is -0.0982. The van der Waals surface area contributed by atoms with Crippen molar-refractivity contribution in [3.8, 4) is 0 Å². The van der Waals surface area contributed by atoms with Gasteiger partial charge in [0.15, 0.2) is 0 Å². The lowest BCUT2D eigenvalue weighted by atomic mass is 9.89. The highest BCUT2D eigenvalue weighted by Crippen LogP contribution is 2.20. The number of hydrogen-bond acceptors (Lipinski definition) is 3. The van der Waals surface area contributed by atoms with Crippen LogP contribution in [0.15, 0.2) is 29.4 Å². The molecule has 2 rings (SSSR count). The van der Waals surface area contributed by atoms with E-state index in [0.29, 0.717) is 5.92 Å². The Hall–Kier alpha value is -1.84. The Kier molecular flexibility index (Phi) is 5.16. The van der Waals surface area contributed by atoms with Gasteiger partial charge in [0.2, 0.25) is 0 Å². The minimum Gasteiger partial charge on any atom is -0.376 e. The van der Waals surface area contributed by atoms with E-state index in [2.05, 4.69) is 22.8 Å². The Balaban J connectivity index is 1.78. The van der Waals surface area contributed by atoms with Gasteiger partial charge in [-0.15, -0.1) is 0 Å². The first-order valence-corrected chi connectivity index (χ1v) is 7.29. The van der Waals surface area contributed by atoms with E-state index in [1.807, 2.05) is 31.2 Å². The Morgan fingerprint density at radius 1 is 1.40 bits per heavy atom. The molecule has 0 radical (unpaired) electrons. The van der Waals surface area contributed by atoms with Gasteiger partial charge >= 0.3 is 0 Å². The van der Waals surface area contributed by atoms with E-state index in [4.69, 9.17) is 0 Å². The third-order valence-electron chi connectivity index (χ3n) is 3.67. The van der Waals surface area contributed by atoms with Crippen LogP contribution in [0.25, 0.3) is 0 Å². The summed E-state index contributed by atoms with van der Waals surface area (Å²) in [7, 11) is 0. The molecule has 0 saturated heterocycles. The van der Waals surface area contributed by atoms with Gasteiger partial charge in [-0.2, -0.15) is 5.10 Å². The lowest BCUT2D eigenvalue weighted by molar-refractivity contribution is -0.119. The fourth-order valence-electron chi connectivity index (χ4n) is 2.49. The molecule has 1 amide bonds. The second-order valence-corrected chi connectivity index (χ2v) is 5.58. The SMILES string of the molecule is Cc1ccccc1NCC(=O)N/N=C1\CCC[C@@H](C)C1. The van der Waals surface area contributed by atoms with E-state index in [1.165, 1.54) is 12.8 Å². The number of nitrogens with one attached hydrogen (secondary N) is 2. The molecule has 0 bridgehead atoms. The fourth-order valence-corrected chi connectivity index (χ4v) is 2.49. The average molecular weight is 273 g/mol. The van der Waals surface area contributed by atoms with Crippen LogP contribution >= 0.6 is 0 Å².